The first-order valence-electron chi connectivity index (χ1n) is 7.12. The fourth-order valence-corrected chi connectivity index (χ4v) is 2.08. The molecule has 0 aliphatic heterocycles. The molecule has 21 heavy (non-hydrogen) atoms. The molecule has 0 radical (unpaired) electrons. The number of hydrogen-bond acceptors (Lipinski definition) is 4. The van der Waals surface area contributed by atoms with Gasteiger partial charge in [-0.15, -0.1) is 0 Å². The Bertz CT molecular complexity index is 616. The van der Waals surface area contributed by atoms with Gasteiger partial charge in [0.25, 0.3) is 0 Å². The van der Waals surface area contributed by atoms with Crippen molar-refractivity contribution >= 4 is 28.1 Å². The summed E-state index contributed by atoms with van der Waals surface area (Å²) in [4.78, 5) is 4.77. The van der Waals surface area contributed by atoms with E-state index in [0.29, 0.717) is 24.7 Å². The summed E-state index contributed by atoms with van der Waals surface area (Å²) < 4.78 is 11.1. The number of hydrogen-bond donors (Lipinski definition) is 1. The summed E-state index contributed by atoms with van der Waals surface area (Å²) in [7, 11) is 0. The lowest BCUT2D eigenvalue weighted by molar-refractivity contribution is 0.0966. The highest BCUT2D eigenvalue weighted by molar-refractivity contribution is 7.80. The molecule has 112 valence electrons. The second-order valence-corrected chi connectivity index (χ2v) is 5.15. The van der Waals surface area contributed by atoms with Gasteiger partial charge in [0.05, 0.1) is 17.7 Å². The van der Waals surface area contributed by atoms with Gasteiger partial charge in [-0.1, -0.05) is 43.8 Å². The molecule has 4 nitrogen and oxygen atoms in total. The molecule has 0 fully saturated rings. The summed E-state index contributed by atoms with van der Waals surface area (Å²) in [5.41, 5.74) is 7.28. The lowest BCUT2D eigenvalue weighted by Crippen LogP contribution is -2.15. The van der Waals surface area contributed by atoms with Crippen LogP contribution >= 0.6 is 12.2 Å². The summed E-state index contributed by atoms with van der Waals surface area (Å²) in [5.74, 6) is 0.472. The van der Waals surface area contributed by atoms with Crippen molar-refractivity contribution < 1.29 is 9.47 Å². The summed E-state index contributed by atoms with van der Waals surface area (Å²) in [6.07, 6.45) is 2.19. The number of para-hydroxylation sites is 1. The molecule has 0 atom stereocenters. The number of rotatable bonds is 8. The van der Waals surface area contributed by atoms with Gasteiger partial charge in [0, 0.05) is 12.0 Å². The first-order valence-corrected chi connectivity index (χ1v) is 7.53. The van der Waals surface area contributed by atoms with E-state index in [9.17, 15) is 0 Å². The predicted molar refractivity (Wildman–Crippen MR) is 88.9 cm³/mol. The lowest BCUT2D eigenvalue weighted by atomic mass is 10.1. The van der Waals surface area contributed by atoms with Crippen LogP contribution in [0.1, 0.15) is 25.3 Å². The van der Waals surface area contributed by atoms with E-state index in [1.54, 1.807) is 0 Å². The molecule has 0 saturated heterocycles. The maximum atomic E-state index is 5.76. The molecule has 1 aromatic carbocycles. The molecule has 0 unspecified atom stereocenters. The minimum atomic E-state index is 0.287. The summed E-state index contributed by atoms with van der Waals surface area (Å²) in [6.45, 7) is 3.86. The highest BCUT2D eigenvalue weighted by Crippen LogP contribution is 2.22. The third kappa shape index (κ3) is 4.37. The van der Waals surface area contributed by atoms with Crippen LogP contribution in [0.5, 0.6) is 5.88 Å². The Morgan fingerprint density at radius 1 is 1.24 bits per heavy atom. The van der Waals surface area contributed by atoms with Crippen molar-refractivity contribution in [2.75, 3.05) is 19.8 Å². The molecule has 1 heterocycles. The van der Waals surface area contributed by atoms with Gasteiger partial charge >= 0.3 is 0 Å². The van der Waals surface area contributed by atoms with Crippen molar-refractivity contribution in [2.45, 2.75) is 19.8 Å². The molecule has 0 amide bonds. The van der Waals surface area contributed by atoms with Crippen LogP contribution in [0.4, 0.5) is 0 Å². The number of aromatic nitrogens is 1. The molecule has 0 aliphatic rings. The highest BCUT2D eigenvalue weighted by Gasteiger charge is 2.10. The second kappa shape index (κ2) is 7.90. The zero-order valence-electron chi connectivity index (χ0n) is 12.2. The number of pyridine rings is 1. The van der Waals surface area contributed by atoms with Gasteiger partial charge in [-0.05, 0) is 18.6 Å². The van der Waals surface area contributed by atoms with Gasteiger partial charge in [0.1, 0.15) is 11.6 Å². The van der Waals surface area contributed by atoms with Crippen LogP contribution in [0.25, 0.3) is 10.9 Å². The number of nitrogens with two attached hydrogens (primary N) is 1. The van der Waals surface area contributed by atoms with Crippen LogP contribution in [-0.4, -0.2) is 29.8 Å². The van der Waals surface area contributed by atoms with Crippen LogP contribution in [0.3, 0.4) is 0 Å². The number of fused-ring (bicyclic) bond motifs is 1. The van der Waals surface area contributed by atoms with E-state index >= 15 is 0 Å². The average Bonchev–Trinajstić information content (AvgIpc) is 2.49. The Hall–Kier alpha value is -1.72. The molecule has 1 aromatic heterocycles. The van der Waals surface area contributed by atoms with Crippen LogP contribution < -0.4 is 10.5 Å². The summed E-state index contributed by atoms with van der Waals surface area (Å²) >= 11 is 5.08. The fourth-order valence-electron chi connectivity index (χ4n) is 1.93. The molecular formula is C16H20N2O2S. The van der Waals surface area contributed by atoms with Crippen LogP contribution in [0.15, 0.2) is 30.3 Å². The normalized spacial score (nSPS) is 10.7. The van der Waals surface area contributed by atoms with Gasteiger partial charge < -0.3 is 15.2 Å². The lowest BCUT2D eigenvalue weighted by Gasteiger charge is -2.11. The van der Waals surface area contributed by atoms with Gasteiger partial charge in [-0.3, -0.25) is 0 Å². The maximum absolute atomic E-state index is 5.76. The molecule has 5 heteroatoms. The van der Waals surface area contributed by atoms with Crippen molar-refractivity contribution in [2.24, 2.45) is 5.73 Å². The summed E-state index contributed by atoms with van der Waals surface area (Å²) in [5, 5.41) is 0.992. The van der Waals surface area contributed by atoms with E-state index in [-0.39, 0.29) is 4.99 Å². The first-order chi connectivity index (χ1) is 10.2. The number of nitrogens with zero attached hydrogens (tertiary/aromatic N) is 1. The average molecular weight is 304 g/mol. The monoisotopic (exact) mass is 304 g/mol. The van der Waals surface area contributed by atoms with E-state index in [0.717, 1.165) is 30.4 Å². The fraction of sp³-hybridized carbons (Fsp3) is 0.375. The SMILES string of the molecule is CCCCOCCOc1nc2ccccc2cc1C(N)=S. The van der Waals surface area contributed by atoms with E-state index in [4.69, 9.17) is 27.4 Å². The molecule has 2 aromatic rings. The van der Waals surface area contributed by atoms with Crippen molar-refractivity contribution in [3.05, 3.63) is 35.9 Å². The molecular weight excluding hydrogens is 284 g/mol. The van der Waals surface area contributed by atoms with Crippen LogP contribution in [-0.2, 0) is 4.74 Å². The summed E-state index contributed by atoms with van der Waals surface area (Å²) in [6, 6.07) is 9.71. The van der Waals surface area contributed by atoms with Gasteiger partial charge in [0.2, 0.25) is 5.88 Å². The molecule has 0 spiro atoms. The Balaban J connectivity index is 2.06. The highest BCUT2D eigenvalue weighted by atomic mass is 32.1. The number of ether oxygens (including phenoxy) is 2. The minimum Gasteiger partial charge on any atom is -0.475 e. The van der Waals surface area contributed by atoms with Crippen molar-refractivity contribution in [1.82, 2.24) is 4.98 Å². The smallest absolute Gasteiger partial charge is 0.224 e. The molecule has 0 bridgehead atoms. The van der Waals surface area contributed by atoms with Gasteiger partial charge in [0.15, 0.2) is 0 Å². The standard InChI is InChI=1S/C16H20N2O2S/c1-2-3-8-19-9-10-20-16-13(15(17)21)11-12-6-4-5-7-14(12)18-16/h4-7,11H,2-3,8-10H2,1H3,(H2,17,21). The molecule has 0 saturated carbocycles. The number of unbranched alkanes of at least 4 members (excludes halogenated alkanes) is 1. The molecule has 0 aliphatic carbocycles. The predicted octanol–water partition coefficient (Wildman–Crippen LogP) is 3.06. The van der Waals surface area contributed by atoms with Crippen LogP contribution in [0.2, 0.25) is 0 Å². The minimum absolute atomic E-state index is 0.287. The zero-order valence-corrected chi connectivity index (χ0v) is 13.0. The van der Waals surface area contributed by atoms with E-state index in [2.05, 4.69) is 11.9 Å². The second-order valence-electron chi connectivity index (χ2n) is 4.71. The third-order valence-electron chi connectivity index (χ3n) is 3.06. The van der Waals surface area contributed by atoms with Crippen LogP contribution in [0, 0.1) is 0 Å². The Kier molecular flexibility index (Phi) is 5.90. The van der Waals surface area contributed by atoms with E-state index < -0.39 is 0 Å². The topological polar surface area (TPSA) is 57.4 Å². The molecule has 2 N–H and O–H groups in total. The van der Waals surface area contributed by atoms with Gasteiger partial charge in [-0.2, -0.15) is 0 Å². The van der Waals surface area contributed by atoms with Crippen molar-refractivity contribution in [3.8, 4) is 5.88 Å². The number of benzene rings is 1. The third-order valence-corrected chi connectivity index (χ3v) is 3.28. The Morgan fingerprint density at radius 2 is 2.05 bits per heavy atom. The molecule has 2 rings (SSSR count). The first kappa shape index (κ1) is 15.7. The quantitative estimate of drug-likeness (QED) is 0.600. The van der Waals surface area contributed by atoms with Crippen molar-refractivity contribution in [3.63, 3.8) is 0 Å². The van der Waals surface area contributed by atoms with E-state index in [1.807, 2.05) is 30.3 Å². The Morgan fingerprint density at radius 3 is 2.81 bits per heavy atom. The Labute approximate surface area is 130 Å². The van der Waals surface area contributed by atoms with Crippen molar-refractivity contribution in [1.29, 1.82) is 0 Å². The largest absolute Gasteiger partial charge is 0.475 e. The zero-order chi connectivity index (χ0) is 15.1. The number of thiocarbonyl (C=S) groups is 1. The van der Waals surface area contributed by atoms with Gasteiger partial charge in [-0.25, -0.2) is 4.98 Å². The maximum Gasteiger partial charge on any atom is 0.224 e. The van der Waals surface area contributed by atoms with E-state index in [1.165, 1.54) is 0 Å².